The molecular weight excluding hydrogens is 1190 g/mol. The second kappa shape index (κ2) is 36.8. The zero-order valence-corrected chi connectivity index (χ0v) is 59.1. The largest absolute Gasteiger partial charge is 0.385 e. The van der Waals surface area contributed by atoms with Gasteiger partial charge in [-0.25, -0.2) is 0 Å². The van der Waals surface area contributed by atoms with Crippen molar-refractivity contribution in [1.82, 2.24) is 0 Å². The summed E-state index contributed by atoms with van der Waals surface area (Å²) in [4.78, 5) is 13.5. The van der Waals surface area contributed by atoms with Gasteiger partial charge >= 0.3 is 0 Å². The number of Topliss-reactive ketones (excluding diaryl/α,β-unsaturated/α-hetero) is 1. The summed E-state index contributed by atoms with van der Waals surface area (Å²) >= 11 is 0. The molecule has 0 radical (unpaired) electrons. The van der Waals surface area contributed by atoms with Crippen LogP contribution in [0.3, 0.4) is 0 Å². The van der Waals surface area contributed by atoms with Crippen LogP contribution in [0.25, 0.3) is 10.4 Å². The van der Waals surface area contributed by atoms with Crippen molar-refractivity contribution in [2.75, 3.05) is 0 Å². The number of nitrogens with zero attached hydrogens (tertiary/aromatic N) is 8. The van der Waals surface area contributed by atoms with Crippen LogP contribution in [0.4, 0.5) is 0 Å². The number of ketones is 1. The molecule has 4 aliphatic rings. The second-order valence-corrected chi connectivity index (χ2v) is 29.1. The van der Waals surface area contributed by atoms with E-state index in [0.717, 1.165) is 142 Å². The number of hydrogen-bond acceptors (Lipinski definition) is 9. The number of carbonyl (C=O) groups is 1. The molecule has 0 amide bonds. The van der Waals surface area contributed by atoms with E-state index in [4.69, 9.17) is 16.5 Å². The predicted molar refractivity (Wildman–Crippen MR) is 393 cm³/mol. The SMILES string of the molecule is CC(C)(C#N)c1cccc(C2(N)CCCCC2)c1.CC(C)(C#N)c1cccc(C2(N=[N+]=[N-])CCCCC2)c1.CC(C)(C#N)c1cccc(C2(O)CCCCC2)c1.CC(C)(C#N)c1cccc(Cc2ccccc2)c1.N#CCc1cccc(Cc2ccccc2)c1.O=C1CCCCC1. The fraction of sp³-hybridized carbons (Fsp3) is 0.442. The summed E-state index contributed by atoms with van der Waals surface area (Å²) in [5.41, 5.74) is 25.9. The average molecular weight is 1290 g/mol. The Hall–Kier alpha value is -9.11. The Morgan fingerprint density at radius 1 is 0.423 bits per heavy atom. The quantitative estimate of drug-likeness (QED) is 0.0639. The molecule has 0 aliphatic heterocycles. The molecule has 0 aromatic heterocycles. The van der Waals surface area contributed by atoms with Crippen molar-refractivity contribution in [3.8, 4) is 30.3 Å². The van der Waals surface area contributed by atoms with Crippen molar-refractivity contribution < 1.29 is 9.90 Å². The van der Waals surface area contributed by atoms with Crippen LogP contribution in [0.1, 0.15) is 251 Å². The first-order valence-electron chi connectivity index (χ1n) is 35.1. The third-order valence-electron chi connectivity index (χ3n) is 19.7. The lowest BCUT2D eigenvalue weighted by Gasteiger charge is -2.34. The van der Waals surface area contributed by atoms with Gasteiger partial charge in [0.25, 0.3) is 0 Å². The highest BCUT2D eigenvalue weighted by molar-refractivity contribution is 5.78. The maximum absolute atomic E-state index is 10.7. The standard InChI is InChI=1S/C17H17N.C16H20N4.C16H22N2.C16H21NO.C15H13N.C6H10O/c1-17(2,13-18)16-10-6-9-15(12-16)11-14-7-4-3-5-8-14;1-15(2,12-17)13-7-6-8-14(11-13)16(19-20-18)9-4-3-5-10-16;2*1-15(2,12-17)13-7-6-8-14(11-13)16(18)9-4-3-5-10-16;16-10-9-14-7-4-8-15(12-14)11-13-5-2-1-3-6-13;7-6-4-2-1-3-5-6/h3-10,12H,11H2,1-2H3;6-8,11H,3-5,9-10H2,1-2H3;6-8,11H,3-5,9-10,18H2,1-2H3;6-8,11,18H,3-5,9-10H2,1-2H3;1-8,12H,9,11H2;1-5H2. The van der Waals surface area contributed by atoms with Gasteiger partial charge in [-0.1, -0.05) is 251 Å². The van der Waals surface area contributed by atoms with Gasteiger partial charge in [-0.05, 0) is 192 Å². The van der Waals surface area contributed by atoms with Gasteiger partial charge in [-0.2, -0.15) is 26.3 Å². The van der Waals surface area contributed by atoms with Crippen LogP contribution in [0.2, 0.25) is 0 Å². The van der Waals surface area contributed by atoms with E-state index in [-0.39, 0.29) is 5.54 Å². The normalized spacial score (nSPS) is 16.1. The summed E-state index contributed by atoms with van der Waals surface area (Å²) in [6.45, 7) is 15.5. The Morgan fingerprint density at radius 2 is 0.773 bits per heavy atom. The molecule has 7 aromatic rings. The monoisotopic (exact) mass is 1290 g/mol. The Morgan fingerprint density at radius 3 is 1.21 bits per heavy atom. The van der Waals surface area contributed by atoms with E-state index >= 15 is 0 Å². The smallest absolute Gasteiger partial charge is 0.132 e. The van der Waals surface area contributed by atoms with Gasteiger partial charge in [0.15, 0.2) is 0 Å². The number of nitriles is 5. The molecule has 0 spiro atoms. The van der Waals surface area contributed by atoms with E-state index in [1.807, 2.05) is 152 Å². The number of hydrogen-bond donors (Lipinski definition) is 2. The van der Waals surface area contributed by atoms with Gasteiger partial charge in [0.05, 0.1) is 69.6 Å². The number of carbonyl (C=O) groups excluding carboxylic acids is 1. The summed E-state index contributed by atoms with van der Waals surface area (Å²) in [5.74, 6) is 0.464. The van der Waals surface area contributed by atoms with Crippen LogP contribution in [-0.4, -0.2) is 10.9 Å². The summed E-state index contributed by atoms with van der Waals surface area (Å²) in [7, 11) is 0. The molecule has 0 atom stereocenters. The number of rotatable bonds is 13. The molecule has 3 N–H and O–H groups in total. The van der Waals surface area contributed by atoms with Crippen molar-refractivity contribution in [3.63, 3.8) is 0 Å². The van der Waals surface area contributed by atoms with Gasteiger partial charge in [0, 0.05) is 23.3 Å². The predicted octanol–water partition coefficient (Wildman–Crippen LogP) is 21.1. The van der Waals surface area contributed by atoms with Crippen LogP contribution in [0, 0.1) is 56.7 Å². The van der Waals surface area contributed by atoms with Gasteiger partial charge < -0.3 is 10.8 Å². The molecule has 504 valence electrons. The van der Waals surface area contributed by atoms with Crippen molar-refractivity contribution in [1.29, 1.82) is 26.3 Å². The first kappa shape index (κ1) is 76.9. The Labute approximate surface area is 580 Å². The van der Waals surface area contributed by atoms with Crippen LogP contribution in [0.5, 0.6) is 0 Å². The lowest BCUT2D eigenvalue weighted by molar-refractivity contribution is -0.120. The van der Waals surface area contributed by atoms with Crippen LogP contribution < -0.4 is 5.73 Å². The second-order valence-electron chi connectivity index (χ2n) is 29.1. The molecule has 0 saturated heterocycles. The highest BCUT2D eigenvalue weighted by atomic mass is 16.3. The molecule has 4 aliphatic carbocycles. The van der Waals surface area contributed by atoms with Crippen LogP contribution >= 0.6 is 0 Å². The lowest BCUT2D eigenvalue weighted by atomic mass is 9.75. The highest BCUT2D eigenvalue weighted by Crippen LogP contribution is 2.43. The van der Waals surface area contributed by atoms with Crippen molar-refractivity contribution >= 4 is 5.78 Å². The maximum Gasteiger partial charge on any atom is 0.132 e. The first-order valence-corrected chi connectivity index (χ1v) is 35.1. The third-order valence-corrected chi connectivity index (χ3v) is 19.7. The molecule has 0 heterocycles. The van der Waals surface area contributed by atoms with Gasteiger partial charge in [0.1, 0.15) is 5.78 Å². The van der Waals surface area contributed by atoms with Gasteiger partial charge in [0.2, 0.25) is 0 Å². The van der Waals surface area contributed by atoms with E-state index in [1.165, 1.54) is 66.3 Å². The Kier molecular flexibility index (Phi) is 29.2. The summed E-state index contributed by atoms with van der Waals surface area (Å²) in [5, 5.41) is 60.4. The first-order chi connectivity index (χ1) is 46.4. The molecule has 4 saturated carbocycles. The molecule has 97 heavy (non-hydrogen) atoms. The lowest BCUT2D eigenvalue weighted by Crippen LogP contribution is -2.38. The van der Waals surface area contributed by atoms with E-state index in [9.17, 15) is 30.9 Å². The molecule has 11 heteroatoms. The van der Waals surface area contributed by atoms with E-state index in [2.05, 4.69) is 125 Å². The minimum atomic E-state index is -0.681. The minimum Gasteiger partial charge on any atom is -0.385 e. The third kappa shape index (κ3) is 23.3. The zero-order chi connectivity index (χ0) is 70.4. The Bertz CT molecular complexity index is 3800. The molecular formula is C86H103N9O2. The fourth-order valence-corrected chi connectivity index (χ4v) is 13.1. The molecule has 0 unspecified atom stereocenters. The van der Waals surface area contributed by atoms with Crippen molar-refractivity contribution in [2.45, 2.75) is 241 Å². The molecule has 0 bridgehead atoms. The average Bonchev–Trinajstić information content (AvgIpc) is 0.819. The summed E-state index contributed by atoms with van der Waals surface area (Å²) in [6, 6.07) is 73.1. The van der Waals surface area contributed by atoms with Gasteiger partial charge in [-0.15, -0.1) is 0 Å². The van der Waals surface area contributed by atoms with E-state index in [0.29, 0.717) is 12.2 Å². The van der Waals surface area contributed by atoms with Crippen LogP contribution in [-0.2, 0) is 62.4 Å². The molecule has 4 fully saturated rings. The van der Waals surface area contributed by atoms with E-state index < -0.39 is 32.8 Å². The van der Waals surface area contributed by atoms with Crippen molar-refractivity contribution in [2.24, 2.45) is 10.8 Å². The fourth-order valence-electron chi connectivity index (χ4n) is 13.1. The number of benzene rings is 7. The summed E-state index contributed by atoms with van der Waals surface area (Å²) < 4.78 is 0. The van der Waals surface area contributed by atoms with Crippen molar-refractivity contribution in [3.05, 3.63) is 259 Å². The van der Waals surface area contributed by atoms with Gasteiger partial charge in [-0.3, -0.25) is 4.79 Å². The van der Waals surface area contributed by atoms with E-state index in [1.54, 1.807) is 0 Å². The molecule has 7 aromatic carbocycles. The highest BCUT2D eigenvalue weighted by Gasteiger charge is 2.36. The summed E-state index contributed by atoms with van der Waals surface area (Å²) in [6.07, 6.45) is 23.6. The zero-order valence-electron chi connectivity index (χ0n) is 59.1. The maximum atomic E-state index is 10.7. The molecule has 11 nitrogen and oxygen atoms in total. The number of azide groups is 1. The Balaban J connectivity index is 0.000000187. The van der Waals surface area contributed by atoms with Crippen LogP contribution in [0.15, 0.2) is 187 Å². The number of aliphatic hydroxyl groups is 1. The minimum absolute atomic E-state index is 0.181. The number of nitrogens with two attached hydrogens (primary N) is 1. The molecule has 11 rings (SSSR count). The topological polar surface area (TPSA) is 231 Å².